The van der Waals surface area contributed by atoms with Crippen LogP contribution in [-0.4, -0.2) is 58.9 Å². The number of aromatic nitrogens is 2. The molecule has 2 saturated heterocycles. The molecule has 0 aliphatic carbocycles. The maximum atomic E-state index is 5.45. The van der Waals surface area contributed by atoms with Crippen LogP contribution in [0.5, 0.6) is 5.75 Å². The van der Waals surface area contributed by atoms with Gasteiger partial charge in [0.25, 0.3) is 0 Å². The van der Waals surface area contributed by atoms with E-state index >= 15 is 0 Å². The van der Waals surface area contributed by atoms with Crippen molar-refractivity contribution in [2.75, 3.05) is 33.3 Å². The van der Waals surface area contributed by atoms with E-state index < -0.39 is 0 Å². The van der Waals surface area contributed by atoms with Gasteiger partial charge in [-0.2, -0.15) is 5.10 Å². The molecule has 29 heavy (non-hydrogen) atoms. The molecule has 2 fully saturated rings. The fourth-order valence-corrected chi connectivity index (χ4v) is 4.69. The van der Waals surface area contributed by atoms with Crippen LogP contribution >= 0.6 is 0 Å². The van der Waals surface area contributed by atoms with Gasteiger partial charge in [0.2, 0.25) is 0 Å². The number of fused-ring (bicyclic) bond motifs is 1. The van der Waals surface area contributed by atoms with Gasteiger partial charge in [0.1, 0.15) is 5.75 Å². The number of piperazine rings is 1. The van der Waals surface area contributed by atoms with Crippen molar-refractivity contribution in [3.05, 3.63) is 66.4 Å². The molecule has 0 amide bonds. The third-order valence-corrected chi connectivity index (χ3v) is 6.22. The molecule has 5 rings (SSSR count). The molecule has 1 unspecified atom stereocenters. The molecule has 1 aromatic heterocycles. The van der Waals surface area contributed by atoms with Gasteiger partial charge in [-0.3, -0.25) is 9.80 Å². The molecule has 5 heteroatoms. The lowest BCUT2D eigenvalue weighted by molar-refractivity contribution is 0.0995. The first-order valence-corrected chi connectivity index (χ1v) is 10.5. The predicted molar refractivity (Wildman–Crippen MR) is 115 cm³/mol. The number of hydrogen-bond acceptors (Lipinski definition) is 4. The van der Waals surface area contributed by atoms with Crippen molar-refractivity contribution in [2.24, 2.45) is 0 Å². The summed E-state index contributed by atoms with van der Waals surface area (Å²) in [6.45, 7) is 5.69. The van der Waals surface area contributed by atoms with Gasteiger partial charge in [0.05, 0.1) is 18.5 Å². The van der Waals surface area contributed by atoms with Gasteiger partial charge in [-0.1, -0.05) is 30.3 Å². The number of hydrogen-bond donors (Lipinski definition) is 0. The fourth-order valence-electron chi connectivity index (χ4n) is 4.69. The number of nitrogens with zero attached hydrogens (tertiary/aromatic N) is 4. The molecule has 2 aliphatic heterocycles. The van der Waals surface area contributed by atoms with E-state index in [0.717, 1.165) is 48.4 Å². The van der Waals surface area contributed by atoms with E-state index in [1.807, 2.05) is 22.9 Å². The monoisotopic (exact) mass is 388 g/mol. The van der Waals surface area contributed by atoms with Gasteiger partial charge < -0.3 is 4.74 Å². The maximum absolute atomic E-state index is 5.45. The molecule has 150 valence electrons. The Labute approximate surface area is 172 Å². The number of methoxy groups -OCH3 is 1. The molecule has 0 radical (unpaired) electrons. The lowest BCUT2D eigenvalue weighted by Gasteiger charge is -2.37. The number of ether oxygens (including phenoxy) is 1. The largest absolute Gasteiger partial charge is 0.497 e. The molecule has 2 aromatic carbocycles. The van der Waals surface area contributed by atoms with Crippen molar-refractivity contribution in [1.29, 1.82) is 0 Å². The Hall–Kier alpha value is -2.63. The van der Waals surface area contributed by atoms with Gasteiger partial charge in [-0.05, 0) is 43.7 Å². The summed E-state index contributed by atoms with van der Waals surface area (Å²) in [5.74, 6) is 0.863. The summed E-state index contributed by atoms with van der Waals surface area (Å²) in [6.07, 6.45) is 4.88. The molecular formula is C24H28N4O. The van der Waals surface area contributed by atoms with Crippen molar-refractivity contribution >= 4 is 0 Å². The van der Waals surface area contributed by atoms with Crippen LogP contribution in [0.2, 0.25) is 0 Å². The SMILES string of the molecule is COc1cccc(-c2nn(-c3ccccc3)cc2CN2CCN3CCCC3C2)c1. The van der Waals surface area contributed by atoms with Crippen molar-refractivity contribution in [2.45, 2.75) is 25.4 Å². The molecule has 2 aliphatic rings. The highest BCUT2D eigenvalue weighted by Crippen LogP contribution is 2.29. The van der Waals surface area contributed by atoms with Crippen molar-refractivity contribution in [3.8, 4) is 22.7 Å². The van der Waals surface area contributed by atoms with Crippen LogP contribution in [0.1, 0.15) is 18.4 Å². The second kappa shape index (κ2) is 8.01. The van der Waals surface area contributed by atoms with E-state index in [0.29, 0.717) is 0 Å². The molecule has 5 nitrogen and oxygen atoms in total. The second-order valence-corrected chi connectivity index (χ2v) is 8.08. The summed E-state index contributed by atoms with van der Waals surface area (Å²) in [5, 5.41) is 4.98. The molecular weight excluding hydrogens is 360 g/mol. The van der Waals surface area contributed by atoms with E-state index in [4.69, 9.17) is 9.84 Å². The number of rotatable bonds is 5. The van der Waals surface area contributed by atoms with Gasteiger partial charge in [-0.25, -0.2) is 4.68 Å². The van der Waals surface area contributed by atoms with Gasteiger partial charge >= 0.3 is 0 Å². The van der Waals surface area contributed by atoms with Gasteiger partial charge in [0, 0.05) is 49.5 Å². The van der Waals surface area contributed by atoms with Crippen LogP contribution in [0.3, 0.4) is 0 Å². The lowest BCUT2D eigenvalue weighted by atomic mass is 10.1. The zero-order valence-electron chi connectivity index (χ0n) is 17.0. The van der Waals surface area contributed by atoms with Crippen LogP contribution in [0.4, 0.5) is 0 Å². The summed E-state index contributed by atoms with van der Waals surface area (Å²) in [6, 6.07) is 19.3. The molecule has 1 atom stereocenters. The van der Waals surface area contributed by atoms with Crippen molar-refractivity contribution < 1.29 is 4.74 Å². The quantitative estimate of drug-likeness (QED) is 0.665. The predicted octanol–water partition coefficient (Wildman–Crippen LogP) is 3.83. The molecule has 0 N–H and O–H groups in total. The van der Waals surface area contributed by atoms with E-state index in [-0.39, 0.29) is 0 Å². The number of benzene rings is 2. The van der Waals surface area contributed by atoms with Gasteiger partial charge in [0.15, 0.2) is 0 Å². The minimum Gasteiger partial charge on any atom is -0.497 e. The van der Waals surface area contributed by atoms with Crippen LogP contribution in [0, 0.1) is 0 Å². The Bertz CT molecular complexity index is 968. The van der Waals surface area contributed by atoms with Crippen LogP contribution in [0.15, 0.2) is 60.8 Å². The Morgan fingerprint density at radius 2 is 1.93 bits per heavy atom. The van der Waals surface area contributed by atoms with Crippen molar-refractivity contribution in [3.63, 3.8) is 0 Å². The third kappa shape index (κ3) is 3.80. The minimum absolute atomic E-state index is 0.730. The Morgan fingerprint density at radius 1 is 1.03 bits per heavy atom. The molecule has 3 heterocycles. The molecule has 0 spiro atoms. The molecule has 0 saturated carbocycles. The summed E-state index contributed by atoms with van der Waals surface area (Å²) >= 11 is 0. The van der Waals surface area contributed by atoms with Gasteiger partial charge in [-0.15, -0.1) is 0 Å². The summed E-state index contributed by atoms with van der Waals surface area (Å²) in [4.78, 5) is 5.26. The Kier molecular flexibility index (Phi) is 5.08. The molecule has 3 aromatic rings. The van der Waals surface area contributed by atoms with E-state index in [1.165, 1.54) is 31.5 Å². The standard InChI is InChI=1S/C24H28N4O/c1-29-23-11-5-7-19(15-23)24-20(17-28(25-24)21-8-3-2-4-9-21)16-26-13-14-27-12-6-10-22(27)18-26/h2-5,7-9,11,15,17,22H,6,10,12-14,16,18H2,1H3. The maximum Gasteiger partial charge on any atom is 0.119 e. The zero-order valence-corrected chi connectivity index (χ0v) is 17.0. The van der Waals surface area contributed by atoms with E-state index in [1.54, 1.807) is 7.11 Å². The van der Waals surface area contributed by atoms with Crippen LogP contribution in [-0.2, 0) is 6.54 Å². The average Bonchev–Trinajstić information content (AvgIpc) is 3.41. The summed E-state index contributed by atoms with van der Waals surface area (Å²) < 4.78 is 7.46. The first kappa shape index (κ1) is 18.4. The summed E-state index contributed by atoms with van der Waals surface area (Å²) in [7, 11) is 1.71. The zero-order chi connectivity index (χ0) is 19.6. The third-order valence-electron chi connectivity index (χ3n) is 6.22. The Morgan fingerprint density at radius 3 is 2.79 bits per heavy atom. The first-order valence-electron chi connectivity index (χ1n) is 10.5. The fraction of sp³-hybridized carbons (Fsp3) is 0.375. The topological polar surface area (TPSA) is 33.5 Å². The molecule has 0 bridgehead atoms. The van der Waals surface area contributed by atoms with Crippen LogP contribution in [0.25, 0.3) is 16.9 Å². The second-order valence-electron chi connectivity index (χ2n) is 8.08. The highest BCUT2D eigenvalue weighted by Gasteiger charge is 2.31. The minimum atomic E-state index is 0.730. The lowest BCUT2D eigenvalue weighted by Crippen LogP contribution is -2.49. The normalized spacial score (nSPS) is 20.0. The summed E-state index contributed by atoms with van der Waals surface area (Å²) in [5.41, 5.74) is 4.51. The highest BCUT2D eigenvalue weighted by atomic mass is 16.5. The Balaban J connectivity index is 1.48. The average molecular weight is 389 g/mol. The van der Waals surface area contributed by atoms with E-state index in [9.17, 15) is 0 Å². The van der Waals surface area contributed by atoms with Crippen molar-refractivity contribution in [1.82, 2.24) is 19.6 Å². The number of para-hydroxylation sites is 1. The van der Waals surface area contributed by atoms with E-state index in [2.05, 4.69) is 52.4 Å². The smallest absolute Gasteiger partial charge is 0.119 e. The highest BCUT2D eigenvalue weighted by molar-refractivity contribution is 5.65. The van der Waals surface area contributed by atoms with Crippen LogP contribution < -0.4 is 4.74 Å². The first-order chi connectivity index (χ1) is 14.3.